The molecule has 1 aromatic rings. The third-order valence-electron chi connectivity index (χ3n) is 1.84. The molecule has 0 aliphatic heterocycles. The second-order valence-electron chi connectivity index (χ2n) is 3.21. The molecule has 2 N–H and O–H groups in total. The van der Waals surface area contributed by atoms with Crippen LogP contribution in [0.25, 0.3) is 0 Å². The molecule has 0 aliphatic carbocycles. The minimum atomic E-state index is -0.357. The topological polar surface area (TPSA) is 71.1 Å². The monoisotopic (exact) mass is 275 g/mol. The lowest BCUT2D eigenvalue weighted by Crippen LogP contribution is -2.33. The third-order valence-corrected chi connectivity index (χ3v) is 2.34. The fourth-order valence-electron chi connectivity index (χ4n) is 1.09. The van der Waals surface area contributed by atoms with E-state index in [2.05, 4.69) is 15.6 Å². The van der Waals surface area contributed by atoms with Gasteiger partial charge in [0, 0.05) is 20.0 Å². The van der Waals surface area contributed by atoms with Gasteiger partial charge in [-0.25, -0.2) is 4.98 Å². The Morgan fingerprint density at radius 1 is 1.24 bits per heavy atom. The van der Waals surface area contributed by atoms with E-state index < -0.39 is 0 Å². The smallest absolute Gasteiger partial charge is 0.254 e. The van der Waals surface area contributed by atoms with E-state index in [-0.39, 0.29) is 27.7 Å². The Morgan fingerprint density at radius 3 is 2.47 bits per heavy atom. The van der Waals surface area contributed by atoms with E-state index in [4.69, 9.17) is 23.2 Å². The number of rotatable bonds is 4. The summed E-state index contributed by atoms with van der Waals surface area (Å²) in [5.41, 5.74) is 0.249. The van der Waals surface area contributed by atoms with Crippen LogP contribution in [0.2, 0.25) is 10.3 Å². The van der Waals surface area contributed by atoms with Crippen LogP contribution in [0.3, 0.4) is 0 Å². The number of carbonyl (C=O) groups is 2. The van der Waals surface area contributed by atoms with Gasteiger partial charge in [0.05, 0.1) is 5.56 Å². The average molecular weight is 276 g/mol. The Hall–Kier alpha value is -1.33. The van der Waals surface area contributed by atoms with Crippen molar-refractivity contribution in [2.45, 2.75) is 6.92 Å². The number of nitrogens with zero attached hydrogens (tertiary/aromatic N) is 1. The van der Waals surface area contributed by atoms with Crippen molar-refractivity contribution < 1.29 is 9.59 Å². The van der Waals surface area contributed by atoms with Gasteiger partial charge in [0.1, 0.15) is 10.3 Å². The van der Waals surface area contributed by atoms with Crippen LogP contribution >= 0.6 is 23.2 Å². The van der Waals surface area contributed by atoms with Crippen LogP contribution in [0.1, 0.15) is 17.3 Å². The van der Waals surface area contributed by atoms with E-state index in [1.54, 1.807) is 0 Å². The zero-order chi connectivity index (χ0) is 12.8. The van der Waals surface area contributed by atoms with E-state index in [9.17, 15) is 9.59 Å². The molecular formula is C10H11Cl2N3O2. The summed E-state index contributed by atoms with van der Waals surface area (Å²) in [5.74, 6) is -0.505. The molecule has 0 bridgehead atoms. The van der Waals surface area contributed by atoms with Gasteiger partial charge in [0.15, 0.2) is 0 Å². The van der Waals surface area contributed by atoms with E-state index >= 15 is 0 Å². The molecule has 0 fully saturated rings. The maximum atomic E-state index is 11.6. The minimum Gasteiger partial charge on any atom is -0.355 e. The summed E-state index contributed by atoms with van der Waals surface area (Å²) in [6.07, 6.45) is 0. The molecule has 0 saturated carbocycles. The van der Waals surface area contributed by atoms with Crippen molar-refractivity contribution in [1.82, 2.24) is 15.6 Å². The quantitative estimate of drug-likeness (QED) is 0.642. The van der Waals surface area contributed by atoms with E-state index in [1.807, 2.05) is 0 Å². The highest BCUT2D eigenvalue weighted by Gasteiger charge is 2.10. The van der Waals surface area contributed by atoms with Gasteiger partial charge < -0.3 is 10.6 Å². The first kappa shape index (κ1) is 13.7. The first-order valence-corrected chi connectivity index (χ1v) is 5.61. The molecule has 1 heterocycles. The molecule has 0 aromatic carbocycles. The van der Waals surface area contributed by atoms with Crippen molar-refractivity contribution in [3.8, 4) is 0 Å². The highest BCUT2D eigenvalue weighted by atomic mass is 35.5. The molecule has 0 spiro atoms. The van der Waals surface area contributed by atoms with Crippen LogP contribution in [-0.2, 0) is 4.79 Å². The predicted molar refractivity (Wildman–Crippen MR) is 65.3 cm³/mol. The standard InChI is InChI=1S/C10H11Cl2N3O2/c1-6(16)13-4-5-14-10(17)7-2-3-8(11)15-9(7)12/h2-3H,4-5H2,1H3,(H,13,16)(H,14,17). The van der Waals surface area contributed by atoms with Crippen molar-refractivity contribution in [1.29, 1.82) is 0 Å². The van der Waals surface area contributed by atoms with Gasteiger partial charge in [0.2, 0.25) is 5.91 Å². The molecule has 1 aromatic heterocycles. The van der Waals surface area contributed by atoms with Crippen LogP contribution in [0.15, 0.2) is 12.1 Å². The summed E-state index contributed by atoms with van der Waals surface area (Å²) in [5, 5.41) is 5.42. The number of halogens is 2. The van der Waals surface area contributed by atoms with Gasteiger partial charge in [-0.05, 0) is 12.1 Å². The molecule has 0 aliphatic rings. The molecule has 0 radical (unpaired) electrons. The molecule has 7 heteroatoms. The number of pyridine rings is 1. The predicted octanol–water partition coefficient (Wildman–Crippen LogP) is 1.25. The Labute approximate surface area is 109 Å². The second-order valence-corrected chi connectivity index (χ2v) is 3.96. The number of aromatic nitrogens is 1. The summed E-state index contributed by atoms with van der Waals surface area (Å²) in [6, 6.07) is 2.97. The van der Waals surface area contributed by atoms with Gasteiger partial charge in [-0.3, -0.25) is 9.59 Å². The maximum absolute atomic E-state index is 11.6. The zero-order valence-corrected chi connectivity index (χ0v) is 10.6. The molecule has 0 unspecified atom stereocenters. The van der Waals surface area contributed by atoms with Crippen molar-refractivity contribution >= 4 is 35.0 Å². The summed E-state index contributed by atoms with van der Waals surface area (Å²) in [6.45, 7) is 2.08. The van der Waals surface area contributed by atoms with E-state index in [0.29, 0.717) is 13.1 Å². The average Bonchev–Trinajstić information content (AvgIpc) is 2.23. The highest BCUT2D eigenvalue weighted by molar-refractivity contribution is 6.34. The lowest BCUT2D eigenvalue weighted by atomic mass is 10.2. The molecule has 0 saturated heterocycles. The molecule has 92 valence electrons. The SMILES string of the molecule is CC(=O)NCCNC(=O)c1ccc(Cl)nc1Cl. The first-order chi connectivity index (χ1) is 8.00. The Balaban J connectivity index is 2.50. The van der Waals surface area contributed by atoms with Gasteiger partial charge in [0.25, 0.3) is 5.91 Å². The van der Waals surface area contributed by atoms with Crippen LogP contribution in [0, 0.1) is 0 Å². The number of hydrogen-bond acceptors (Lipinski definition) is 3. The fraction of sp³-hybridized carbons (Fsp3) is 0.300. The second kappa shape index (κ2) is 6.42. The first-order valence-electron chi connectivity index (χ1n) is 4.85. The molecular weight excluding hydrogens is 265 g/mol. The zero-order valence-electron chi connectivity index (χ0n) is 9.09. The molecule has 17 heavy (non-hydrogen) atoms. The van der Waals surface area contributed by atoms with Gasteiger partial charge in [-0.1, -0.05) is 23.2 Å². The third kappa shape index (κ3) is 4.58. The van der Waals surface area contributed by atoms with Crippen LogP contribution in [0.4, 0.5) is 0 Å². The van der Waals surface area contributed by atoms with Crippen molar-refractivity contribution in [2.75, 3.05) is 13.1 Å². The van der Waals surface area contributed by atoms with Crippen LogP contribution in [0.5, 0.6) is 0 Å². The van der Waals surface area contributed by atoms with Gasteiger partial charge >= 0.3 is 0 Å². The maximum Gasteiger partial charge on any atom is 0.254 e. The van der Waals surface area contributed by atoms with Crippen molar-refractivity contribution in [3.63, 3.8) is 0 Å². The van der Waals surface area contributed by atoms with Crippen LogP contribution < -0.4 is 10.6 Å². The molecule has 5 nitrogen and oxygen atoms in total. The van der Waals surface area contributed by atoms with Crippen molar-refractivity contribution in [2.24, 2.45) is 0 Å². The Bertz CT molecular complexity index is 438. The minimum absolute atomic E-state index is 0.0505. The van der Waals surface area contributed by atoms with Crippen molar-refractivity contribution in [3.05, 3.63) is 28.0 Å². The van der Waals surface area contributed by atoms with E-state index in [0.717, 1.165) is 0 Å². The summed E-state index contributed by atoms with van der Waals surface area (Å²) >= 11 is 11.4. The lowest BCUT2D eigenvalue weighted by Gasteiger charge is -2.06. The molecule has 0 atom stereocenters. The summed E-state index contributed by atoms with van der Waals surface area (Å²) in [7, 11) is 0. The highest BCUT2D eigenvalue weighted by Crippen LogP contribution is 2.16. The van der Waals surface area contributed by atoms with Gasteiger partial charge in [-0.2, -0.15) is 0 Å². The summed E-state index contributed by atoms with van der Waals surface area (Å²) < 4.78 is 0. The normalized spacial score (nSPS) is 9.82. The Morgan fingerprint density at radius 2 is 1.88 bits per heavy atom. The lowest BCUT2D eigenvalue weighted by molar-refractivity contribution is -0.118. The van der Waals surface area contributed by atoms with E-state index in [1.165, 1.54) is 19.1 Å². The summed E-state index contributed by atoms with van der Waals surface area (Å²) in [4.78, 5) is 26.0. The largest absolute Gasteiger partial charge is 0.355 e. The number of nitrogens with one attached hydrogen (secondary N) is 2. The Kier molecular flexibility index (Phi) is 5.18. The number of carbonyl (C=O) groups excluding carboxylic acids is 2. The number of hydrogen-bond donors (Lipinski definition) is 2. The fourth-order valence-corrected chi connectivity index (χ4v) is 1.52. The number of amides is 2. The van der Waals surface area contributed by atoms with Gasteiger partial charge in [-0.15, -0.1) is 0 Å². The molecule has 2 amide bonds. The molecule has 1 rings (SSSR count). The van der Waals surface area contributed by atoms with Crippen LogP contribution in [-0.4, -0.2) is 29.9 Å².